The van der Waals surface area contributed by atoms with Gasteiger partial charge in [0, 0.05) is 17.4 Å². The van der Waals surface area contributed by atoms with Crippen LogP contribution in [0.25, 0.3) is 0 Å². The van der Waals surface area contributed by atoms with Gasteiger partial charge in [0.15, 0.2) is 5.78 Å². The number of hydrogen-bond donors (Lipinski definition) is 1. The van der Waals surface area contributed by atoms with Gasteiger partial charge in [-0.15, -0.1) is 0 Å². The Bertz CT molecular complexity index is 528. The second-order valence-corrected chi connectivity index (χ2v) is 5.96. The number of aliphatic hydroxyl groups excluding tert-OH is 1. The number of carbonyl (C=O) groups excluding carboxylic acids is 2. The predicted octanol–water partition coefficient (Wildman–Crippen LogP) is 1.39. The topological polar surface area (TPSA) is 63.6 Å². The number of esters is 1. The zero-order valence-corrected chi connectivity index (χ0v) is 11.3. The van der Waals surface area contributed by atoms with Gasteiger partial charge in [-0.3, -0.25) is 9.59 Å². The van der Waals surface area contributed by atoms with Crippen LogP contribution in [0.3, 0.4) is 0 Å². The standard InChI is InChI=1S/C15H18O4/c1-6-4-10(17)13-8(3)15(18)19-14(13)12-7(2)5-9(16)11(6)12/h5,8,10,12-14,17H,4H2,1-3H3/t8-,10?,12?,13?,14+/m0/s1. The fraction of sp³-hybridized carbons (Fsp3) is 0.600. The summed E-state index contributed by atoms with van der Waals surface area (Å²) in [6, 6.07) is 0. The van der Waals surface area contributed by atoms with Gasteiger partial charge in [0.05, 0.1) is 12.0 Å². The van der Waals surface area contributed by atoms with Crippen LogP contribution in [0.1, 0.15) is 27.2 Å². The van der Waals surface area contributed by atoms with Gasteiger partial charge in [-0.1, -0.05) is 18.1 Å². The van der Waals surface area contributed by atoms with Gasteiger partial charge < -0.3 is 9.84 Å². The lowest BCUT2D eigenvalue weighted by molar-refractivity contribution is -0.144. The van der Waals surface area contributed by atoms with Gasteiger partial charge >= 0.3 is 5.97 Å². The van der Waals surface area contributed by atoms with Crippen molar-refractivity contribution in [2.24, 2.45) is 17.8 Å². The van der Waals surface area contributed by atoms with E-state index >= 15 is 0 Å². The molecule has 102 valence electrons. The zero-order chi connectivity index (χ0) is 13.9. The lowest BCUT2D eigenvalue weighted by Crippen LogP contribution is -2.35. The van der Waals surface area contributed by atoms with E-state index in [1.807, 2.05) is 13.8 Å². The highest BCUT2D eigenvalue weighted by Gasteiger charge is 2.53. The molecule has 3 unspecified atom stereocenters. The van der Waals surface area contributed by atoms with E-state index in [-0.39, 0.29) is 29.5 Å². The van der Waals surface area contributed by atoms with Crippen LogP contribution in [0.15, 0.2) is 22.8 Å². The molecule has 4 nitrogen and oxygen atoms in total. The van der Waals surface area contributed by atoms with Crippen LogP contribution in [-0.2, 0) is 14.3 Å². The van der Waals surface area contributed by atoms with Crippen molar-refractivity contribution in [2.75, 3.05) is 0 Å². The first kappa shape index (κ1) is 12.6. The Hall–Kier alpha value is -1.42. The lowest BCUT2D eigenvalue weighted by atomic mass is 9.80. The molecule has 5 atom stereocenters. The van der Waals surface area contributed by atoms with Crippen molar-refractivity contribution in [3.63, 3.8) is 0 Å². The first-order valence-electron chi connectivity index (χ1n) is 6.72. The maximum atomic E-state index is 12.1. The van der Waals surface area contributed by atoms with E-state index in [0.29, 0.717) is 6.42 Å². The Morgan fingerprint density at radius 1 is 1.32 bits per heavy atom. The van der Waals surface area contributed by atoms with Crippen molar-refractivity contribution in [1.29, 1.82) is 0 Å². The molecule has 3 aliphatic rings. The third kappa shape index (κ3) is 1.62. The Labute approximate surface area is 112 Å². The van der Waals surface area contributed by atoms with Crippen LogP contribution in [0.4, 0.5) is 0 Å². The van der Waals surface area contributed by atoms with Gasteiger partial charge in [-0.05, 0) is 26.3 Å². The minimum absolute atomic E-state index is 0.00320. The molecule has 4 heteroatoms. The number of fused-ring (bicyclic) bond motifs is 3. The number of hydrogen-bond acceptors (Lipinski definition) is 4. The van der Waals surface area contributed by atoms with Crippen LogP contribution in [0.2, 0.25) is 0 Å². The first-order valence-corrected chi connectivity index (χ1v) is 6.72. The smallest absolute Gasteiger partial charge is 0.309 e. The molecule has 19 heavy (non-hydrogen) atoms. The molecule has 0 aromatic rings. The molecular weight excluding hydrogens is 244 g/mol. The van der Waals surface area contributed by atoms with Crippen molar-refractivity contribution in [2.45, 2.75) is 39.4 Å². The van der Waals surface area contributed by atoms with Crippen LogP contribution < -0.4 is 0 Å². The third-order valence-corrected chi connectivity index (χ3v) is 4.75. The highest BCUT2D eigenvalue weighted by molar-refractivity contribution is 6.09. The maximum Gasteiger partial charge on any atom is 0.309 e. The summed E-state index contributed by atoms with van der Waals surface area (Å²) >= 11 is 0. The summed E-state index contributed by atoms with van der Waals surface area (Å²) in [7, 11) is 0. The van der Waals surface area contributed by atoms with E-state index in [4.69, 9.17) is 4.74 Å². The monoisotopic (exact) mass is 262 g/mol. The van der Waals surface area contributed by atoms with Crippen LogP contribution in [0, 0.1) is 17.8 Å². The van der Waals surface area contributed by atoms with E-state index < -0.39 is 12.2 Å². The average molecular weight is 262 g/mol. The number of allylic oxidation sites excluding steroid dienone is 1. The zero-order valence-electron chi connectivity index (χ0n) is 11.3. The number of aliphatic hydroxyl groups is 1. The van der Waals surface area contributed by atoms with Gasteiger partial charge in [0.2, 0.25) is 0 Å². The number of rotatable bonds is 0. The quantitative estimate of drug-likeness (QED) is 0.670. The summed E-state index contributed by atoms with van der Waals surface area (Å²) in [5.74, 6) is -0.957. The molecule has 1 saturated heterocycles. The molecule has 1 heterocycles. The van der Waals surface area contributed by atoms with Crippen molar-refractivity contribution in [3.8, 4) is 0 Å². The molecule has 1 N–H and O–H groups in total. The van der Waals surface area contributed by atoms with E-state index in [1.54, 1.807) is 13.0 Å². The minimum Gasteiger partial charge on any atom is -0.461 e. The Balaban J connectivity index is 2.11. The first-order chi connectivity index (χ1) is 8.91. The number of ether oxygens (including phenoxy) is 1. The van der Waals surface area contributed by atoms with E-state index in [9.17, 15) is 14.7 Å². The van der Waals surface area contributed by atoms with Crippen molar-refractivity contribution in [1.82, 2.24) is 0 Å². The molecule has 0 saturated carbocycles. The van der Waals surface area contributed by atoms with Gasteiger partial charge in [-0.2, -0.15) is 0 Å². The highest BCUT2D eigenvalue weighted by Crippen LogP contribution is 2.47. The molecule has 0 amide bonds. The van der Waals surface area contributed by atoms with Crippen LogP contribution in [0.5, 0.6) is 0 Å². The van der Waals surface area contributed by atoms with Crippen LogP contribution >= 0.6 is 0 Å². The molecule has 0 radical (unpaired) electrons. The lowest BCUT2D eigenvalue weighted by Gasteiger charge is -2.26. The van der Waals surface area contributed by atoms with E-state index in [2.05, 4.69) is 0 Å². The van der Waals surface area contributed by atoms with Gasteiger partial charge in [0.25, 0.3) is 0 Å². The fourth-order valence-corrected chi connectivity index (χ4v) is 3.82. The third-order valence-electron chi connectivity index (χ3n) is 4.75. The molecule has 1 aliphatic heterocycles. The second kappa shape index (κ2) is 4.04. The van der Waals surface area contributed by atoms with Crippen molar-refractivity contribution >= 4 is 11.8 Å². The average Bonchev–Trinajstić information content (AvgIpc) is 2.72. The Morgan fingerprint density at radius 2 is 2.00 bits per heavy atom. The summed E-state index contributed by atoms with van der Waals surface area (Å²) in [4.78, 5) is 23.9. The van der Waals surface area contributed by atoms with Gasteiger partial charge in [0.1, 0.15) is 6.10 Å². The molecule has 0 spiro atoms. The van der Waals surface area contributed by atoms with E-state index in [1.165, 1.54) is 0 Å². The SMILES string of the molecule is CC1=CC(=O)C2=C(C)CC(O)C3[C@H](OC(=O)[C@H]3C)C12. The predicted molar refractivity (Wildman–Crippen MR) is 68.1 cm³/mol. The molecule has 3 rings (SSSR count). The van der Waals surface area contributed by atoms with Gasteiger partial charge in [-0.25, -0.2) is 0 Å². The summed E-state index contributed by atoms with van der Waals surface area (Å²) in [6.45, 7) is 5.59. The molecule has 1 fully saturated rings. The Morgan fingerprint density at radius 3 is 2.68 bits per heavy atom. The maximum absolute atomic E-state index is 12.1. The van der Waals surface area contributed by atoms with Crippen molar-refractivity contribution < 1.29 is 19.4 Å². The molecule has 0 aromatic carbocycles. The molecule has 0 bridgehead atoms. The summed E-state index contributed by atoms with van der Waals surface area (Å²) in [5.41, 5.74) is 2.59. The second-order valence-electron chi connectivity index (χ2n) is 5.96. The van der Waals surface area contributed by atoms with Crippen molar-refractivity contribution in [3.05, 3.63) is 22.8 Å². The summed E-state index contributed by atoms with van der Waals surface area (Å²) in [6.07, 6.45) is 1.06. The summed E-state index contributed by atoms with van der Waals surface area (Å²) in [5, 5.41) is 10.3. The largest absolute Gasteiger partial charge is 0.461 e. The Kier molecular flexibility index (Phi) is 2.68. The molecule has 2 aliphatic carbocycles. The number of carbonyl (C=O) groups is 2. The fourth-order valence-electron chi connectivity index (χ4n) is 3.82. The minimum atomic E-state index is -0.620. The molecule has 0 aromatic heterocycles. The number of ketones is 1. The highest BCUT2D eigenvalue weighted by atomic mass is 16.6. The molecular formula is C15H18O4. The van der Waals surface area contributed by atoms with Crippen LogP contribution in [-0.4, -0.2) is 29.1 Å². The van der Waals surface area contributed by atoms with E-state index in [0.717, 1.165) is 16.7 Å². The summed E-state index contributed by atoms with van der Waals surface area (Å²) < 4.78 is 5.48. The normalized spacial score (nSPS) is 41.7.